The van der Waals surface area contributed by atoms with E-state index in [2.05, 4.69) is 0 Å². The van der Waals surface area contributed by atoms with Crippen molar-refractivity contribution in [3.63, 3.8) is 0 Å². The molecule has 6 heteroatoms. The van der Waals surface area contributed by atoms with Crippen LogP contribution in [-0.4, -0.2) is 11.9 Å². The third-order valence-corrected chi connectivity index (χ3v) is 2.02. The van der Waals surface area contributed by atoms with Gasteiger partial charge in [-0.3, -0.25) is 0 Å². The first-order valence-electron chi connectivity index (χ1n) is 5.14. The molecular weight excluding hydrogens is 448 g/mol. The Bertz CT molecular complexity index is 466. The van der Waals surface area contributed by atoms with Crippen molar-refractivity contribution in [3.8, 4) is 0 Å². The minimum Gasteiger partial charge on any atom is -0.545 e. The number of hydrogen-bond acceptors (Lipinski definition) is 4. The van der Waals surface area contributed by atoms with E-state index in [-0.39, 0.29) is 55.9 Å². The van der Waals surface area contributed by atoms with Crippen molar-refractivity contribution in [2.75, 3.05) is 0 Å². The Hall–Kier alpha value is -1.14. The molecule has 0 fully saturated rings. The molecule has 2 aromatic rings. The van der Waals surface area contributed by atoms with Crippen LogP contribution in [0.15, 0.2) is 60.7 Å². The Kier molecular flexibility index (Phi) is 12.3. The van der Waals surface area contributed by atoms with Crippen LogP contribution in [0, 0.1) is 0 Å². The second-order valence-electron chi connectivity index (χ2n) is 3.31. The van der Waals surface area contributed by atoms with Gasteiger partial charge in [-0.1, -0.05) is 60.7 Å². The normalized spacial score (nSPS) is 8.00. The monoisotopic (exact) mass is 456 g/mol. The van der Waals surface area contributed by atoms with Crippen molar-refractivity contribution < 1.29 is 64.6 Å². The van der Waals surface area contributed by atoms with Crippen LogP contribution in [-0.2, 0) is 44.8 Å². The van der Waals surface area contributed by atoms with E-state index in [1.165, 1.54) is 24.3 Å². The smallest absolute Gasteiger partial charge is 0.545 e. The number of rotatable bonds is 2. The van der Waals surface area contributed by atoms with Gasteiger partial charge in [0.05, 0.1) is 11.9 Å². The predicted molar refractivity (Wildman–Crippen MR) is 61.5 cm³/mol. The summed E-state index contributed by atoms with van der Waals surface area (Å²) in [5.41, 5.74) is 0.440. The summed E-state index contributed by atoms with van der Waals surface area (Å²) in [6, 6.07) is 16.1. The van der Waals surface area contributed by atoms with Crippen LogP contribution in [0.3, 0.4) is 0 Å². The Morgan fingerprint density at radius 1 is 0.600 bits per heavy atom. The summed E-state index contributed by atoms with van der Waals surface area (Å²) >= 11 is 0. The SMILES string of the molecule is O=C([O-])c1ccccc1.O=C([O-])c1ccccc1.[Ag+].[Ag+]. The van der Waals surface area contributed by atoms with Crippen LogP contribution >= 0.6 is 0 Å². The molecule has 0 aliphatic carbocycles. The fraction of sp³-hybridized carbons (Fsp3) is 0. The van der Waals surface area contributed by atoms with E-state index in [0.717, 1.165) is 0 Å². The van der Waals surface area contributed by atoms with E-state index in [1.54, 1.807) is 36.4 Å². The topological polar surface area (TPSA) is 80.3 Å². The van der Waals surface area contributed by atoms with Crippen molar-refractivity contribution in [1.29, 1.82) is 0 Å². The molecule has 0 saturated carbocycles. The van der Waals surface area contributed by atoms with Gasteiger partial charge < -0.3 is 19.8 Å². The van der Waals surface area contributed by atoms with Gasteiger partial charge in [0.15, 0.2) is 0 Å². The molecule has 0 unspecified atom stereocenters. The van der Waals surface area contributed by atoms with Gasteiger partial charge in [0, 0.05) is 0 Å². The van der Waals surface area contributed by atoms with E-state index in [0.29, 0.717) is 0 Å². The molecule has 0 radical (unpaired) electrons. The summed E-state index contributed by atoms with van der Waals surface area (Å²) < 4.78 is 0. The van der Waals surface area contributed by atoms with Gasteiger partial charge in [0.2, 0.25) is 0 Å². The second-order valence-corrected chi connectivity index (χ2v) is 3.31. The second kappa shape index (κ2) is 11.7. The quantitative estimate of drug-likeness (QED) is 0.599. The standard InChI is InChI=1S/2C7H6O2.2Ag/c2*8-7(9)6-4-2-1-3-5-6;;/h2*1-5H,(H,8,9);;/q;;2*+1/p-2. The summed E-state index contributed by atoms with van der Waals surface area (Å²) in [6.45, 7) is 0. The van der Waals surface area contributed by atoms with E-state index >= 15 is 0 Å². The van der Waals surface area contributed by atoms with Crippen LogP contribution in [0.1, 0.15) is 20.7 Å². The van der Waals surface area contributed by atoms with Gasteiger partial charge in [-0.05, 0) is 11.1 Å². The molecule has 0 spiro atoms. The predicted octanol–water partition coefficient (Wildman–Crippen LogP) is 0.0952. The fourth-order valence-corrected chi connectivity index (χ4v) is 1.15. The molecule has 4 nitrogen and oxygen atoms in total. The zero-order chi connectivity index (χ0) is 13.4. The third-order valence-electron chi connectivity index (χ3n) is 2.02. The number of carbonyl (C=O) groups excluding carboxylic acids is 2. The Labute approximate surface area is 147 Å². The summed E-state index contributed by atoms with van der Waals surface area (Å²) in [6.07, 6.45) is 0. The zero-order valence-electron chi connectivity index (χ0n) is 10.0. The Morgan fingerprint density at radius 2 is 0.850 bits per heavy atom. The number of carboxylic acids is 2. The first kappa shape index (κ1) is 21.2. The Balaban J connectivity index is 0. The molecule has 0 N–H and O–H groups in total. The average molecular weight is 458 g/mol. The van der Waals surface area contributed by atoms with E-state index in [1.807, 2.05) is 0 Å². The van der Waals surface area contributed by atoms with Crippen LogP contribution < -0.4 is 10.2 Å². The molecule has 20 heavy (non-hydrogen) atoms. The molecule has 0 aliphatic heterocycles. The van der Waals surface area contributed by atoms with Gasteiger partial charge in [-0.25, -0.2) is 0 Å². The summed E-state index contributed by atoms with van der Waals surface area (Å²) in [4.78, 5) is 20.2. The molecule has 0 bridgehead atoms. The molecule has 112 valence electrons. The van der Waals surface area contributed by atoms with Gasteiger partial charge in [0.25, 0.3) is 0 Å². The van der Waals surface area contributed by atoms with E-state index in [9.17, 15) is 19.8 Å². The number of benzene rings is 2. The molecule has 0 heterocycles. The molecule has 2 rings (SSSR count). The maximum atomic E-state index is 10.1. The third kappa shape index (κ3) is 8.12. The summed E-state index contributed by atoms with van der Waals surface area (Å²) in [5, 5.41) is 20.2. The molecule has 0 atom stereocenters. The van der Waals surface area contributed by atoms with Crippen molar-refractivity contribution in [1.82, 2.24) is 0 Å². The van der Waals surface area contributed by atoms with E-state index < -0.39 is 11.9 Å². The first-order valence-corrected chi connectivity index (χ1v) is 5.14. The molecule has 0 amide bonds. The largest absolute Gasteiger partial charge is 1.00 e. The summed E-state index contributed by atoms with van der Waals surface area (Å²) in [7, 11) is 0. The van der Waals surface area contributed by atoms with Gasteiger partial charge in [-0.2, -0.15) is 0 Å². The van der Waals surface area contributed by atoms with Gasteiger partial charge in [-0.15, -0.1) is 0 Å². The van der Waals surface area contributed by atoms with Crippen molar-refractivity contribution in [3.05, 3.63) is 71.8 Å². The number of hydrogen-bond donors (Lipinski definition) is 0. The molecule has 0 saturated heterocycles. The summed E-state index contributed by atoms with van der Waals surface area (Å²) in [5.74, 6) is -2.26. The maximum absolute atomic E-state index is 10.1. The number of carboxylic acid groups (broad SMARTS) is 2. The average Bonchev–Trinajstić information content (AvgIpc) is 2.41. The van der Waals surface area contributed by atoms with Crippen molar-refractivity contribution >= 4 is 11.9 Å². The van der Waals surface area contributed by atoms with Gasteiger partial charge >= 0.3 is 44.8 Å². The fourth-order valence-electron chi connectivity index (χ4n) is 1.15. The zero-order valence-corrected chi connectivity index (χ0v) is 13.0. The van der Waals surface area contributed by atoms with Crippen LogP contribution in [0.2, 0.25) is 0 Å². The van der Waals surface area contributed by atoms with Crippen molar-refractivity contribution in [2.24, 2.45) is 0 Å². The number of aromatic carboxylic acids is 2. The van der Waals surface area contributed by atoms with Gasteiger partial charge in [0.1, 0.15) is 0 Å². The van der Waals surface area contributed by atoms with E-state index in [4.69, 9.17) is 0 Å². The van der Waals surface area contributed by atoms with Crippen LogP contribution in [0.4, 0.5) is 0 Å². The van der Waals surface area contributed by atoms with Crippen LogP contribution in [0.25, 0.3) is 0 Å². The maximum Gasteiger partial charge on any atom is 1.00 e. The van der Waals surface area contributed by atoms with Crippen molar-refractivity contribution in [2.45, 2.75) is 0 Å². The molecular formula is C14H10Ag2O4. The minimum atomic E-state index is -1.13. The minimum absolute atomic E-state index is 0. The van der Waals surface area contributed by atoms with Crippen LogP contribution in [0.5, 0.6) is 0 Å². The molecule has 2 aromatic carbocycles. The Morgan fingerprint density at radius 3 is 1.00 bits per heavy atom. The first-order chi connectivity index (χ1) is 8.61. The number of carbonyl (C=O) groups is 2. The molecule has 0 aliphatic rings. The molecule has 0 aromatic heterocycles.